The van der Waals surface area contributed by atoms with Gasteiger partial charge in [0.15, 0.2) is 0 Å². The van der Waals surface area contributed by atoms with Gasteiger partial charge in [-0.05, 0) is 42.7 Å². The lowest BCUT2D eigenvalue weighted by Gasteiger charge is -2.09. The molecule has 0 aliphatic rings. The molecule has 0 saturated carbocycles. The lowest BCUT2D eigenvalue weighted by atomic mass is 10.1. The second kappa shape index (κ2) is 5.61. The summed E-state index contributed by atoms with van der Waals surface area (Å²) in [6.45, 7) is 4.09. The van der Waals surface area contributed by atoms with Gasteiger partial charge in [-0.1, -0.05) is 13.0 Å². The number of carbonyl (C=O) groups is 1. The molecule has 0 radical (unpaired) electrons. The third-order valence-electron chi connectivity index (χ3n) is 2.98. The average molecular weight is 258 g/mol. The highest BCUT2D eigenvalue weighted by molar-refractivity contribution is 6.04. The highest BCUT2D eigenvalue weighted by atomic mass is 19.1. The Kier molecular flexibility index (Phi) is 3.90. The van der Waals surface area contributed by atoms with E-state index in [4.69, 9.17) is 0 Å². The van der Waals surface area contributed by atoms with Crippen LogP contribution in [0.1, 0.15) is 28.4 Å². The standard InChI is InChI=1S/C15H15FN2O/c1-3-11-8-13(5-4-10(11)2)18-15(19)12-6-7-17-14(16)9-12/h4-9H,3H2,1-2H3,(H,18,19). The summed E-state index contributed by atoms with van der Waals surface area (Å²) in [5.41, 5.74) is 3.34. The van der Waals surface area contributed by atoms with E-state index in [2.05, 4.69) is 17.2 Å². The summed E-state index contributed by atoms with van der Waals surface area (Å²) in [6.07, 6.45) is 2.18. The average Bonchev–Trinajstić information content (AvgIpc) is 2.41. The lowest BCUT2D eigenvalue weighted by molar-refractivity contribution is 0.102. The van der Waals surface area contributed by atoms with Crippen molar-refractivity contribution in [2.75, 3.05) is 5.32 Å². The molecule has 2 rings (SSSR count). The van der Waals surface area contributed by atoms with Crippen molar-refractivity contribution < 1.29 is 9.18 Å². The van der Waals surface area contributed by atoms with Crippen molar-refractivity contribution >= 4 is 11.6 Å². The molecule has 0 spiro atoms. The van der Waals surface area contributed by atoms with E-state index in [-0.39, 0.29) is 11.5 Å². The maximum atomic E-state index is 12.9. The second-order valence-electron chi connectivity index (χ2n) is 4.32. The maximum absolute atomic E-state index is 12.9. The first kappa shape index (κ1) is 13.2. The Balaban J connectivity index is 2.19. The van der Waals surface area contributed by atoms with E-state index in [9.17, 15) is 9.18 Å². The van der Waals surface area contributed by atoms with Crippen molar-refractivity contribution in [1.29, 1.82) is 0 Å². The van der Waals surface area contributed by atoms with Crippen LogP contribution in [0.25, 0.3) is 0 Å². The molecular formula is C15H15FN2O. The number of hydrogen-bond donors (Lipinski definition) is 1. The highest BCUT2D eigenvalue weighted by Gasteiger charge is 2.08. The molecule has 0 aliphatic carbocycles. The van der Waals surface area contributed by atoms with Crippen molar-refractivity contribution in [2.24, 2.45) is 0 Å². The number of hydrogen-bond acceptors (Lipinski definition) is 2. The van der Waals surface area contributed by atoms with Crippen LogP contribution in [0.4, 0.5) is 10.1 Å². The van der Waals surface area contributed by atoms with E-state index in [1.807, 2.05) is 25.1 Å². The molecule has 0 saturated heterocycles. The molecule has 0 atom stereocenters. The molecule has 1 N–H and O–H groups in total. The highest BCUT2D eigenvalue weighted by Crippen LogP contribution is 2.16. The first-order valence-corrected chi connectivity index (χ1v) is 6.12. The van der Waals surface area contributed by atoms with Crippen LogP contribution in [-0.4, -0.2) is 10.9 Å². The SMILES string of the molecule is CCc1cc(NC(=O)c2ccnc(F)c2)ccc1C. The minimum Gasteiger partial charge on any atom is -0.322 e. The van der Waals surface area contributed by atoms with Crippen LogP contribution in [0.3, 0.4) is 0 Å². The molecule has 0 fully saturated rings. The summed E-state index contributed by atoms with van der Waals surface area (Å²) in [6, 6.07) is 8.33. The first-order valence-electron chi connectivity index (χ1n) is 6.12. The van der Waals surface area contributed by atoms with Crippen molar-refractivity contribution in [1.82, 2.24) is 4.98 Å². The number of anilines is 1. The summed E-state index contributed by atoms with van der Waals surface area (Å²) >= 11 is 0. The van der Waals surface area contributed by atoms with E-state index < -0.39 is 5.95 Å². The Morgan fingerprint density at radius 3 is 2.79 bits per heavy atom. The topological polar surface area (TPSA) is 42.0 Å². The second-order valence-corrected chi connectivity index (χ2v) is 4.32. The van der Waals surface area contributed by atoms with Crippen LogP contribution in [-0.2, 0) is 6.42 Å². The molecular weight excluding hydrogens is 243 g/mol. The maximum Gasteiger partial charge on any atom is 0.255 e. The predicted molar refractivity (Wildman–Crippen MR) is 72.7 cm³/mol. The molecule has 2 aromatic rings. The van der Waals surface area contributed by atoms with Gasteiger partial charge < -0.3 is 5.32 Å². The van der Waals surface area contributed by atoms with Gasteiger partial charge in [-0.3, -0.25) is 4.79 Å². The minimum atomic E-state index is -0.661. The van der Waals surface area contributed by atoms with E-state index in [0.29, 0.717) is 5.69 Å². The van der Waals surface area contributed by atoms with Gasteiger partial charge in [0.2, 0.25) is 5.95 Å². The smallest absolute Gasteiger partial charge is 0.255 e. The van der Waals surface area contributed by atoms with Crippen molar-refractivity contribution in [2.45, 2.75) is 20.3 Å². The molecule has 19 heavy (non-hydrogen) atoms. The Labute approximate surface area is 111 Å². The fraction of sp³-hybridized carbons (Fsp3) is 0.200. The minimum absolute atomic E-state index is 0.256. The number of nitrogens with one attached hydrogen (secondary N) is 1. The summed E-state index contributed by atoms with van der Waals surface area (Å²) in [5, 5.41) is 2.75. The zero-order valence-electron chi connectivity index (χ0n) is 10.9. The number of aryl methyl sites for hydroxylation is 2. The summed E-state index contributed by atoms with van der Waals surface area (Å²) < 4.78 is 12.9. The van der Waals surface area contributed by atoms with Crippen LogP contribution in [0.15, 0.2) is 36.5 Å². The van der Waals surface area contributed by atoms with E-state index >= 15 is 0 Å². The molecule has 0 unspecified atom stereocenters. The van der Waals surface area contributed by atoms with Gasteiger partial charge in [-0.15, -0.1) is 0 Å². The normalized spacial score (nSPS) is 10.3. The number of pyridine rings is 1. The number of carbonyl (C=O) groups excluding carboxylic acids is 1. The fourth-order valence-corrected chi connectivity index (χ4v) is 1.88. The summed E-state index contributed by atoms with van der Waals surface area (Å²) in [4.78, 5) is 15.4. The van der Waals surface area contributed by atoms with Crippen LogP contribution in [0.2, 0.25) is 0 Å². The number of nitrogens with zero attached hydrogens (tertiary/aromatic N) is 1. The van der Waals surface area contributed by atoms with E-state index in [0.717, 1.165) is 12.5 Å². The fourth-order valence-electron chi connectivity index (χ4n) is 1.88. The van der Waals surface area contributed by atoms with Gasteiger partial charge in [-0.25, -0.2) is 4.98 Å². The molecule has 0 aliphatic heterocycles. The number of amides is 1. The summed E-state index contributed by atoms with van der Waals surface area (Å²) in [5.74, 6) is -1.00. The van der Waals surface area contributed by atoms with Gasteiger partial charge in [-0.2, -0.15) is 4.39 Å². The number of halogens is 1. The Morgan fingerprint density at radius 1 is 1.32 bits per heavy atom. The molecule has 3 nitrogen and oxygen atoms in total. The predicted octanol–water partition coefficient (Wildman–Crippen LogP) is 3.34. The summed E-state index contributed by atoms with van der Waals surface area (Å²) in [7, 11) is 0. The molecule has 1 aromatic heterocycles. The molecule has 1 heterocycles. The van der Waals surface area contributed by atoms with Gasteiger partial charge in [0.05, 0.1) is 0 Å². The molecule has 1 aromatic carbocycles. The van der Waals surface area contributed by atoms with Crippen LogP contribution < -0.4 is 5.32 Å². The van der Waals surface area contributed by atoms with Crippen molar-refractivity contribution in [3.63, 3.8) is 0 Å². The van der Waals surface area contributed by atoms with Gasteiger partial charge in [0, 0.05) is 23.5 Å². The number of rotatable bonds is 3. The van der Waals surface area contributed by atoms with Crippen molar-refractivity contribution in [3.05, 3.63) is 59.2 Å². The number of benzene rings is 1. The Bertz CT molecular complexity index is 611. The van der Waals surface area contributed by atoms with Crippen LogP contribution in [0, 0.1) is 12.9 Å². The molecule has 4 heteroatoms. The zero-order valence-corrected chi connectivity index (χ0v) is 10.9. The van der Waals surface area contributed by atoms with Gasteiger partial charge >= 0.3 is 0 Å². The van der Waals surface area contributed by atoms with Crippen LogP contribution >= 0.6 is 0 Å². The third kappa shape index (κ3) is 3.16. The molecule has 98 valence electrons. The number of aromatic nitrogens is 1. The van der Waals surface area contributed by atoms with Crippen molar-refractivity contribution in [3.8, 4) is 0 Å². The lowest BCUT2D eigenvalue weighted by Crippen LogP contribution is -2.12. The molecule has 0 bridgehead atoms. The quantitative estimate of drug-likeness (QED) is 0.858. The van der Waals surface area contributed by atoms with Gasteiger partial charge in [0.25, 0.3) is 5.91 Å². The van der Waals surface area contributed by atoms with E-state index in [1.54, 1.807) is 0 Å². The van der Waals surface area contributed by atoms with Gasteiger partial charge in [0.1, 0.15) is 0 Å². The third-order valence-corrected chi connectivity index (χ3v) is 2.98. The zero-order chi connectivity index (χ0) is 13.8. The Morgan fingerprint density at radius 2 is 2.11 bits per heavy atom. The van der Waals surface area contributed by atoms with Crippen LogP contribution in [0.5, 0.6) is 0 Å². The largest absolute Gasteiger partial charge is 0.322 e. The Hall–Kier alpha value is -2.23. The first-order chi connectivity index (χ1) is 9.10. The molecule has 1 amide bonds. The van der Waals surface area contributed by atoms with E-state index in [1.165, 1.54) is 23.4 Å². The monoisotopic (exact) mass is 258 g/mol.